The van der Waals surface area contributed by atoms with Crippen molar-refractivity contribution in [2.24, 2.45) is 0 Å². The molecule has 3 N–H and O–H groups in total. The maximum Gasteiger partial charge on any atom is 0.336 e. The second-order valence-corrected chi connectivity index (χ2v) is 6.41. The van der Waals surface area contributed by atoms with Gasteiger partial charge in [-0.05, 0) is 17.7 Å². The van der Waals surface area contributed by atoms with E-state index in [1.54, 1.807) is 36.8 Å². The first-order chi connectivity index (χ1) is 12.7. The van der Waals surface area contributed by atoms with E-state index in [2.05, 4.69) is 20.3 Å². The lowest BCUT2D eigenvalue weighted by molar-refractivity contribution is -0.130. The topological polar surface area (TPSA) is 90.9 Å². The molecule has 0 aliphatic carbocycles. The van der Waals surface area contributed by atoms with Gasteiger partial charge in [-0.1, -0.05) is 30.3 Å². The highest BCUT2D eigenvalue weighted by Gasteiger charge is 2.14. The van der Waals surface area contributed by atoms with Crippen LogP contribution in [0.4, 0.5) is 10.8 Å². The summed E-state index contributed by atoms with van der Waals surface area (Å²) in [5.74, 6) is -0.983. The number of fused-ring (bicyclic) bond motifs is 1. The number of thiazole rings is 1. The minimum atomic E-state index is -0.983. The second-order valence-electron chi connectivity index (χ2n) is 5.52. The Morgan fingerprint density at radius 3 is 2.73 bits per heavy atom. The summed E-state index contributed by atoms with van der Waals surface area (Å²) in [7, 11) is 0. The Balaban J connectivity index is 1.85. The third kappa shape index (κ3) is 3.07. The molecule has 128 valence electrons. The lowest BCUT2D eigenvalue weighted by Crippen LogP contribution is -1.99. The van der Waals surface area contributed by atoms with Gasteiger partial charge in [0.1, 0.15) is 5.65 Å². The third-order valence-corrected chi connectivity index (χ3v) is 4.58. The van der Waals surface area contributed by atoms with Crippen LogP contribution in [0.15, 0.2) is 60.4 Å². The van der Waals surface area contributed by atoms with Crippen molar-refractivity contribution in [3.05, 3.63) is 71.5 Å². The number of nitrogens with zero attached hydrogens (tertiary/aromatic N) is 2. The van der Waals surface area contributed by atoms with Crippen molar-refractivity contribution >= 4 is 50.8 Å². The maximum atomic E-state index is 11.8. The van der Waals surface area contributed by atoms with Crippen LogP contribution >= 0.6 is 11.3 Å². The molecule has 1 aromatic carbocycles. The Bertz CT molecular complexity index is 1090. The molecule has 0 saturated carbocycles. The molecular weight excluding hydrogens is 348 g/mol. The number of carboxylic acid groups (broad SMARTS) is 1. The van der Waals surface area contributed by atoms with Crippen molar-refractivity contribution in [2.75, 3.05) is 5.32 Å². The number of carboxylic acids is 1. The number of benzene rings is 1. The number of hydrogen-bond donors (Lipinski definition) is 3. The van der Waals surface area contributed by atoms with Gasteiger partial charge < -0.3 is 15.4 Å². The Labute approximate surface area is 152 Å². The number of hydrogen-bond acceptors (Lipinski definition) is 5. The van der Waals surface area contributed by atoms with Crippen LogP contribution in [0, 0.1) is 0 Å². The Morgan fingerprint density at radius 2 is 2.00 bits per heavy atom. The smallest absolute Gasteiger partial charge is 0.336 e. The molecule has 0 radical (unpaired) electrons. The number of H-pyrrole nitrogens is 1. The van der Waals surface area contributed by atoms with Crippen molar-refractivity contribution in [1.29, 1.82) is 0 Å². The van der Waals surface area contributed by atoms with Crippen molar-refractivity contribution < 1.29 is 9.90 Å². The fourth-order valence-corrected chi connectivity index (χ4v) is 3.28. The molecule has 0 saturated heterocycles. The van der Waals surface area contributed by atoms with Crippen LogP contribution in [0.25, 0.3) is 22.7 Å². The first-order valence-electron chi connectivity index (χ1n) is 7.85. The summed E-state index contributed by atoms with van der Waals surface area (Å²) in [6.07, 6.45) is 6.83. The van der Waals surface area contributed by atoms with E-state index in [0.29, 0.717) is 11.2 Å². The van der Waals surface area contributed by atoms with Crippen molar-refractivity contribution in [1.82, 2.24) is 15.0 Å². The molecule has 26 heavy (non-hydrogen) atoms. The lowest BCUT2D eigenvalue weighted by Gasteiger charge is -2.06. The summed E-state index contributed by atoms with van der Waals surface area (Å²) < 4.78 is 0. The van der Waals surface area contributed by atoms with Gasteiger partial charge in [-0.25, -0.2) is 14.8 Å². The predicted octanol–water partition coefficient (Wildman–Crippen LogP) is 4.39. The van der Waals surface area contributed by atoms with E-state index in [0.717, 1.165) is 21.8 Å². The van der Waals surface area contributed by atoms with E-state index in [4.69, 9.17) is 0 Å². The zero-order chi connectivity index (χ0) is 17.9. The number of nitrogens with one attached hydrogen (secondary N) is 2. The van der Waals surface area contributed by atoms with Crippen molar-refractivity contribution in [3.63, 3.8) is 0 Å². The van der Waals surface area contributed by atoms with Crippen LogP contribution in [-0.4, -0.2) is 26.0 Å². The Morgan fingerprint density at radius 1 is 1.15 bits per heavy atom. The number of anilines is 2. The molecule has 0 fully saturated rings. The molecule has 3 aromatic heterocycles. The van der Waals surface area contributed by atoms with Crippen LogP contribution in [0.2, 0.25) is 0 Å². The fraction of sp³-hybridized carbons (Fsp3) is 0. The van der Waals surface area contributed by atoms with E-state index in [1.165, 1.54) is 11.3 Å². The Kier molecular flexibility index (Phi) is 4.20. The van der Waals surface area contributed by atoms with Gasteiger partial charge in [0.05, 0.1) is 11.3 Å². The summed E-state index contributed by atoms with van der Waals surface area (Å²) in [5, 5.41) is 16.4. The zero-order valence-electron chi connectivity index (χ0n) is 13.5. The number of pyridine rings is 1. The van der Waals surface area contributed by atoms with Crippen LogP contribution in [0.5, 0.6) is 0 Å². The molecule has 0 aliphatic heterocycles. The minimum Gasteiger partial charge on any atom is -0.478 e. The molecule has 0 bridgehead atoms. The van der Waals surface area contributed by atoms with Crippen LogP contribution in [0.3, 0.4) is 0 Å². The normalized spacial score (nSPS) is 11.6. The molecule has 0 aliphatic rings. The summed E-state index contributed by atoms with van der Waals surface area (Å²) in [5.41, 5.74) is 3.10. The standard InChI is InChI=1S/C19H14N4O2S/c24-18(25)14(12-4-2-1-3-5-12)10-13-11-22-17-16(13)15(6-7-20-17)23-19-21-8-9-26-19/h1-11H,(H,24,25)(H2,20,21,22,23). The highest BCUT2D eigenvalue weighted by atomic mass is 32.1. The van der Waals surface area contributed by atoms with Gasteiger partial charge in [0.15, 0.2) is 5.13 Å². The van der Waals surface area contributed by atoms with Crippen LogP contribution < -0.4 is 5.32 Å². The molecule has 4 aromatic rings. The average Bonchev–Trinajstić information content (AvgIpc) is 3.30. The van der Waals surface area contributed by atoms with Gasteiger partial charge in [-0.2, -0.15) is 0 Å². The summed E-state index contributed by atoms with van der Waals surface area (Å²) in [6.45, 7) is 0. The maximum absolute atomic E-state index is 11.8. The minimum absolute atomic E-state index is 0.218. The van der Waals surface area contributed by atoms with Crippen LogP contribution in [0.1, 0.15) is 11.1 Å². The number of carbonyl (C=O) groups is 1. The molecule has 0 amide bonds. The molecule has 0 unspecified atom stereocenters. The lowest BCUT2D eigenvalue weighted by atomic mass is 10.0. The Hall–Kier alpha value is -3.45. The quantitative estimate of drug-likeness (QED) is 0.458. The molecule has 0 atom stereocenters. The van der Waals surface area contributed by atoms with Gasteiger partial charge >= 0.3 is 5.97 Å². The largest absolute Gasteiger partial charge is 0.478 e. The average molecular weight is 362 g/mol. The fourth-order valence-electron chi connectivity index (χ4n) is 2.74. The number of aromatic amines is 1. The zero-order valence-corrected chi connectivity index (χ0v) is 14.3. The summed E-state index contributed by atoms with van der Waals surface area (Å²) in [4.78, 5) is 23.4. The first-order valence-corrected chi connectivity index (χ1v) is 8.73. The third-order valence-electron chi connectivity index (χ3n) is 3.89. The van der Waals surface area contributed by atoms with Crippen LogP contribution in [-0.2, 0) is 4.79 Å². The summed E-state index contributed by atoms with van der Waals surface area (Å²) in [6, 6.07) is 10.9. The van der Waals surface area contributed by atoms with Crippen molar-refractivity contribution in [3.8, 4) is 0 Å². The molecule has 6 nitrogen and oxygen atoms in total. The van der Waals surface area contributed by atoms with E-state index in [9.17, 15) is 9.90 Å². The van der Waals surface area contributed by atoms with Gasteiger partial charge in [0, 0.05) is 34.9 Å². The highest BCUT2D eigenvalue weighted by molar-refractivity contribution is 7.13. The van der Waals surface area contributed by atoms with Gasteiger partial charge in [0.25, 0.3) is 0 Å². The van der Waals surface area contributed by atoms with E-state index in [-0.39, 0.29) is 5.57 Å². The van der Waals surface area contributed by atoms with E-state index < -0.39 is 5.97 Å². The number of aliphatic carboxylic acids is 1. The summed E-state index contributed by atoms with van der Waals surface area (Å²) >= 11 is 1.49. The molecular formula is C19H14N4O2S. The second kappa shape index (κ2) is 6.81. The first kappa shape index (κ1) is 16.0. The highest BCUT2D eigenvalue weighted by Crippen LogP contribution is 2.31. The van der Waals surface area contributed by atoms with Crippen molar-refractivity contribution in [2.45, 2.75) is 0 Å². The molecule has 3 heterocycles. The van der Waals surface area contributed by atoms with Gasteiger partial charge in [0.2, 0.25) is 0 Å². The SMILES string of the molecule is O=C(O)C(=Cc1c[nH]c2nccc(Nc3nccs3)c12)c1ccccc1. The van der Waals surface area contributed by atoms with E-state index >= 15 is 0 Å². The van der Waals surface area contributed by atoms with E-state index in [1.807, 2.05) is 29.6 Å². The monoisotopic (exact) mass is 362 g/mol. The predicted molar refractivity (Wildman–Crippen MR) is 103 cm³/mol. The molecule has 7 heteroatoms. The number of rotatable bonds is 5. The molecule has 0 spiro atoms. The molecule has 4 rings (SSSR count). The van der Waals surface area contributed by atoms with Gasteiger partial charge in [-0.3, -0.25) is 0 Å². The number of aromatic nitrogens is 3. The van der Waals surface area contributed by atoms with Gasteiger partial charge in [-0.15, -0.1) is 11.3 Å².